The third-order valence-corrected chi connectivity index (χ3v) is 3.78. The van der Waals surface area contributed by atoms with Crippen molar-refractivity contribution in [3.05, 3.63) is 56.4 Å². The highest BCUT2D eigenvalue weighted by Gasteiger charge is 2.19. The van der Waals surface area contributed by atoms with E-state index in [-0.39, 0.29) is 38.1 Å². The van der Waals surface area contributed by atoms with Crippen LogP contribution in [0, 0.1) is 5.82 Å². The van der Waals surface area contributed by atoms with E-state index in [2.05, 4.69) is 0 Å². The van der Waals surface area contributed by atoms with Crippen LogP contribution in [-0.4, -0.2) is 0 Å². The molecule has 0 unspecified atom stereocenters. The largest absolute Gasteiger partial charge is 0.450 e. The summed E-state index contributed by atoms with van der Waals surface area (Å²) in [6, 6.07) is 7.22. The fraction of sp³-hybridized carbons (Fsp3) is 0. The Morgan fingerprint density at radius 1 is 1.00 bits per heavy atom. The van der Waals surface area contributed by atoms with Crippen LogP contribution in [0.1, 0.15) is 0 Å². The van der Waals surface area contributed by atoms with Crippen LogP contribution >= 0.6 is 23.2 Å². The van der Waals surface area contributed by atoms with Crippen LogP contribution in [-0.2, 0) is 0 Å². The molecule has 0 N–H and O–H groups in total. The van der Waals surface area contributed by atoms with E-state index in [1.165, 1.54) is 24.3 Å². The van der Waals surface area contributed by atoms with Gasteiger partial charge in [-0.2, -0.15) is 0 Å². The zero-order valence-corrected chi connectivity index (χ0v) is 11.8. The maximum absolute atomic E-state index is 14.0. The molecule has 0 fully saturated rings. The normalized spacial score (nSPS) is 11.8. The van der Waals surface area contributed by atoms with E-state index < -0.39 is 11.2 Å². The van der Waals surface area contributed by atoms with E-state index in [0.29, 0.717) is 5.02 Å². The number of halogens is 3. The second kappa shape index (κ2) is 4.23. The molecule has 6 heteroatoms. The molecule has 0 spiro atoms. The van der Waals surface area contributed by atoms with Crippen molar-refractivity contribution in [1.82, 2.24) is 0 Å². The lowest BCUT2D eigenvalue weighted by Gasteiger charge is -2.00. The quantitative estimate of drug-likeness (QED) is 0.450. The molecule has 0 saturated carbocycles. The lowest BCUT2D eigenvalue weighted by Crippen LogP contribution is -2.00. The van der Waals surface area contributed by atoms with Crippen molar-refractivity contribution in [3.63, 3.8) is 0 Å². The van der Waals surface area contributed by atoms with E-state index in [9.17, 15) is 9.18 Å². The third-order valence-electron chi connectivity index (χ3n) is 3.28. The summed E-state index contributed by atoms with van der Waals surface area (Å²) in [7, 11) is 0. The third kappa shape index (κ3) is 1.69. The topological polar surface area (TPSA) is 43.4 Å². The van der Waals surface area contributed by atoms with Crippen molar-refractivity contribution in [3.8, 4) is 0 Å². The first-order chi connectivity index (χ1) is 10.1. The van der Waals surface area contributed by atoms with Gasteiger partial charge in [0, 0.05) is 5.02 Å². The summed E-state index contributed by atoms with van der Waals surface area (Å²) in [4.78, 5) is 12.5. The van der Waals surface area contributed by atoms with Crippen LogP contribution in [0.4, 0.5) is 4.39 Å². The lowest BCUT2D eigenvalue weighted by atomic mass is 10.2. The molecule has 0 aliphatic carbocycles. The molecule has 104 valence electrons. The Bertz CT molecular complexity index is 1100. The molecule has 0 atom stereocenters. The highest BCUT2D eigenvalue weighted by Crippen LogP contribution is 2.34. The summed E-state index contributed by atoms with van der Waals surface area (Å²) in [5.41, 5.74) is -0.0510. The van der Waals surface area contributed by atoms with Crippen LogP contribution in [0.25, 0.3) is 33.1 Å². The Morgan fingerprint density at radius 2 is 1.81 bits per heavy atom. The molecule has 0 bridgehead atoms. The zero-order chi connectivity index (χ0) is 14.7. The fourth-order valence-electron chi connectivity index (χ4n) is 2.38. The van der Waals surface area contributed by atoms with E-state index in [0.717, 1.165) is 0 Å². The maximum atomic E-state index is 14.0. The monoisotopic (exact) mass is 322 g/mol. The molecular formula is C15H5Cl2FO3. The van der Waals surface area contributed by atoms with Gasteiger partial charge in [-0.3, -0.25) is 4.79 Å². The van der Waals surface area contributed by atoms with Gasteiger partial charge in [0.15, 0.2) is 11.2 Å². The van der Waals surface area contributed by atoms with Crippen molar-refractivity contribution in [2.75, 3.05) is 0 Å². The SMILES string of the molecule is O=c1c2cc(Cl)cc(Cl)c2oc2c1oc1cccc(F)c12. The minimum atomic E-state index is -0.529. The van der Waals surface area contributed by atoms with Crippen molar-refractivity contribution in [2.45, 2.75) is 0 Å². The summed E-state index contributed by atoms with van der Waals surface area (Å²) >= 11 is 11.9. The zero-order valence-electron chi connectivity index (χ0n) is 10.2. The highest BCUT2D eigenvalue weighted by molar-refractivity contribution is 6.38. The molecule has 0 aliphatic heterocycles. The van der Waals surface area contributed by atoms with Crippen LogP contribution in [0.2, 0.25) is 10.0 Å². The van der Waals surface area contributed by atoms with Crippen molar-refractivity contribution >= 4 is 56.3 Å². The van der Waals surface area contributed by atoms with Gasteiger partial charge in [0.2, 0.25) is 11.0 Å². The minimum absolute atomic E-state index is 0.0461. The first-order valence-electron chi connectivity index (χ1n) is 5.99. The van der Waals surface area contributed by atoms with E-state index in [1.807, 2.05) is 0 Å². The van der Waals surface area contributed by atoms with E-state index >= 15 is 0 Å². The van der Waals surface area contributed by atoms with Crippen LogP contribution in [0.15, 0.2) is 44.0 Å². The van der Waals surface area contributed by atoms with Gasteiger partial charge in [0.05, 0.1) is 15.8 Å². The smallest absolute Gasteiger partial charge is 0.236 e. The summed E-state index contributed by atoms with van der Waals surface area (Å²) in [6.45, 7) is 0. The molecule has 0 amide bonds. The predicted molar refractivity (Wildman–Crippen MR) is 79.7 cm³/mol. The molecule has 2 aromatic heterocycles. The van der Waals surface area contributed by atoms with Crippen molar-refractivity contribution in [1.29, 1.82) is 0 Å². The van der Waals surface area contributed by atoms with Gasteiger partial charge in [-0.15, -0.1) is 0 Å². The highest BCUT2D eigenvalue weighted by atomic mass is 35.5. The Labute approximate surface area is 126 Å². The summed E-state index contributed by atoms with van der Waals surface area (Å²) in [6.07, 6.45) is 0. The Hall–Kier alpha value is -2.04. The first-order valence-corrected chi connectivity index (χ1v) is 6.74. The lowest BCUT2D eigenvalue weighted by molar-refractivity contribution is 0.630. The average molecular weight is 323 g/mol. The molecule has 21 heavy (non-hydrogen) atoms. The van der Waals surface area contributed by atoms with Crippen molar-refractivity contribution < 1.29 is 13.2 Å². The van der Waals surface area contributed by atoms with Gasteiger partial charge < -0.3 is 8.83 Å². The summed E-state index contributed by atoms with van der Waals surface area (Å²) in [5, 5.41) is 0.806. The molecule has 0 saturated heterocycles. The Morgan fingerprint density at radius 3 is 2.62 bits per heavy atom. The molecule has 4 aromatic rings. The maximum Gasteiger partial charge on any atom is 0.236 e. The van der Waals surface area contributed by atoms with Crippen molar-refractivity contribution in [2.24, 2.45) is 0 Å². The number of fused-ring (bicyclic) bond motifs is 4. The average Bonchev–Trinajstić information content (AvgIpc) is 2.81. The van der Waals surface area contributed by atoms with Gasteiger partial charge in [-0.1, -0.05) is 29.3 Å². The second-order valence-corrected chi connectivity index (χ2v) is 5.41. The molecule has 2 heterocycles. The standard InChI is InChI=1S/C15H5Cl2FO3/c16-6-4-7-12(19)15-14(21-13(7)8(17)5-6)11-9(18)2-1-3-10(11)20-15/h1-5H. The van der Waals surface area contributed by atoms with Crippen LogP contribution < -0.4 is 5.43 Å². The molecule has 0 aliphatic rings. The van der Waals surface area contributed by atoms with Crippen LogP contribution in [0.5, 0.6) is 0 Å². The number of hydrogen-bond donors (Lipinski definition) is 0. The first kappa shape index (κ1) is 12.7. The van der Waals surface area contributed by atoms with E-state index in [4.69, 9.17) is 32.0 Å². The van der Waals surface area contributed by atoms with Gasteiger partial charge in [0.25, 0.3) is 0 Å². The molecule has 4 rings (SSSR count). The van der Waals surface area contributed by atoms with Gasteiger partial charge in [-0.25, -0.2) is 4.39 Å². The summed E-state index contributed by atoms with van der Waals surface area (Å²) in [5.74, 6) is -0.529. The molecular weight excluding hydrogens is 318 g/mol. The Kier molecular flexibility index (Phi) is 2.55. The van der Waals surface area contributed by atoms with Gasteiger partial charge >= 0.3 is 0 Å². The number of rotatable bonds is 0. The van der Waals surface area contributed by atoms with Gasteiger partial charge in [0.1, 0.15) is 11.4 Å². The Balaban J connectivity index is 2.36. The van der Waals surface area contributed by atoms with E-state index in [1.54, 1.807) is 6.07 Å². The second-order valence-electron chi connectivity index (χ2n) is 4.57. The number of hydrogen-bond acceptors (Lipinski definition) is 3. The molecule has 0 radical (unpaired) electrons. The number of furan rings is 1. The van der Waals surface area contributed by atoms with Gasteiger partial charge in [-0.05, 0) is 24.3 Å². The molecule has 2 aromatic carbocycles. The number of benzene rings is 2. The predicted octanol–water partition coefficient (Wildman–Crippen LogP) is 5.14. The van der Waals surface area contributed by atoms with Crippen LogP contribution in [0.3, 0.4) is 0 Å². The minimum Gasteiger partial charge on any atom is -0.450 e. The fourth-order valence-corrected chi connectivity index (χ4v) is 2.92. The molecule has 3 nitrogen and oxygen atoms in total. The summed E-state index contributed by atoms with van der Waals surface area (Å²) < 4.78 is 25.0.